The zero-order valence-electron chi connectivity index (χ0n) is 15.5. The Morgan fingerprint density at radius 2 is 1.63 bits per heavy atom. The maximum absolute atomic E-state index is 11.9. The number of carbonyl (C=O) groups is 1. The summed E-state index contributed by atoms with van der Waals surface area (Å²) in [5, 5.41) is 0. The molecule has 0 aliphatic carbocycles. The fourth-order valence-corrected chi connectivity index (χ4v) is 2.35. The molecule has 6 nitrogen and oxygen atoms in total. The molecule has 0 fully saturated rings. The van der Waals surface area contributed by atoms with E-state index in [4.69, 9.17) is 23.7 Å². The number of methoxy groups -OCH3 is 3. The third-order valence-corrected chi connectivity index (χ3v) is 3.60. The summed E-state index contributed by atoms with van der Waals surface area (Å²) in [6, 6.07) is 12.6. The third-order valence-electron chi connectivity index (χ3n) is 3.60. The number of carbonyl (C=O) groups excluding carboxylic acids is 1. The van der Waals surface area contributed by atoms with E-state index in [0.29, 0.717) is 30.3 Å². The lowest BCUT2D eigenvalue weighted by Crippen LogP contribution is -2.18. The summed E-state index contributed by atoms with van der Waals surface area (Å²) in [5.74, 6) is 1.36. The second-order valence-electron chi connectivity index (χ2n) is 5.71. The zero-order valence-corrected chi connectivity index (χ0v) is 15.5. The van der Waals surface area contributed by atoms with Gasteiger partial charge in [-0.05, 0) is 36.8 Å². The molecule has 0 amide bonds. The summed E-state index contributed by atoms with van der Waals surface area (Å²) in [6.07, 6.45) is -0.165. The van der Waals surface area contributed by atoms with Crippen molar-refractivity contribution < 1.29 is 28.5 Å². The molecule has 0 aromatic heterocycles. The lowest BCUT2D eigenvalue weighted by atomic mass is 10.2. The first-order valence-electron chi connectivity index (χ1n) is 8.20. The summed E-state index contributed by atoms with van der Waals surface area (Å²) in [5.41, 5.74) is 1.34. The van der Waals surface area contributed by atoms with Crippen molar-refractivity contribution >= 4 is 5.97 Å². The van der Waals surface area contributed by atoms with Gasteiger partial charge in [-0.3, -0.25) is 0 Å². The number of hydrogen-bond donors (Lipinski definition) is 0. The molecule has 2 aromatic rings. The fourth-order valence-electron chi connectivity index (χ4n) is 2.35. The van der Waals surface area contributed by atoms with Crippen LogP contribution in [0.4, 0.5) is 0 Å². The van der Waals surface area contributed by atoms with Gasteiger partial charge in [0.2, 0.25) is 0 Å². The van der Waals surface area contributed by atoms with Crippen LogP contribution in [-0.2, 0) is 16.1 Å². The maximum Gasteiger partial charge on any atom is 0.338 e. The van der Waals surface area contributed by atoms with E-state index < -0.39 is 5.97 Å². The average molecular weight is 376 g/mol. The van der Waals surface area contributed by atoms with Gasteiger partial charge in [-0.15, -0.1) is 0 Å². The Morgan fingerprint density at radius 3 is 2.22 bits per heavy atom. The molecule has 27 heavy (non-hydrogen) atoms. The average Bonchev–Trinajstić information content (AvgIpc) is 2.66. The Kier molecular flexibility index (Phi) is 9.16. The highest BCUT2D eigenvalue weighted by Crippen LogP contribution is 2.25. The highest BCUT2D eigenvalue weighted by Gasteiger charge is 2.13. The van der Waals surface area contributed by atoms with Crippen molar-refractivity contribution in [2.45, 2.75) is 27.1 Å². The van der Waals surface area contributed by atoms with E-state index in [2.05, 4.69) is 0 Å². The van der Waals surface area contributed by atoms with Gasteiger partial charge in [0.05, 0.1) is 26.4 Å². The van der Waals surface area contributed by atoms with Gasteiger partial charge in [-0.25, -0.2) is 4.79 Å². The molecule has 0 saturated carbocycles. The van der Waals surface area contributed by atoms with E-state index in [9.17, 15) is 4.79 Å². The van der Waals surface area contributed by atoms with Crippen molar-refractivity contribution in [1.82, 2.24) is 0 Å². The molecule has 0 saturated heterocycles. The molecule has 0 bridgehead atoms. The Balaban J connectivity index is 0.00000364. The first kappa shape index (κ1) is 22.3. The molecule has 0 aliphatic heterocycles. The topological polar surface area (TPSA) is 63.2 Å². The van der Waals surface area contributed by atoms with Gasteiger partial charge in [0.15, 0.2) is 0 Å². The van der Waals surface area contributed by atoms with Crippen molar-refractivity contribution in [3.05, 3.63) is 53.6 Å². The van der Waals surface area contributed by atoms with Gasteiger partial charge >= 0.3 is 5.97 Å². The zero-order chi connectivity index (χ0) is 18.9. The molecule has 2 aromatic carbocycles. The largest absolute Gasteiger partial charge is 0.497 e. The van der Waals surface area contributed by atoms with Crippen molar-refractivity contribution in [1.29, 1.82) is 0 Å². The fraction of sp³-hybridized carbons (Fsp3) is 0.381. The van der Waals surface area contributed by atoms with E-state index in [1.807, 2.05) is 31.2 Å². The molecule has 0 heterocycles. The van der Waals surface area contributed by atoms with Crippen LogP contribution in [-0.4, -0.2) is 40.0 Å². The van der Waals surface area contributed by atoms with Crippen LogP contribution in [0.3, 0.4) is 0 Å². The SMILES string of the molecule is C.COC[C@H](C)Oc1cc(OCc2ccc(OC)cc2)cc(C(=O)OC)c1. The number of ether oxygens (including phenoxy) is 5. The van der Waals surface area contributed by atoms with Crippen LogP contribution in [0, 0.1) is 0 Å². The normalized spacial score (nSPS) is 11.1. The van der Waals surface area contributed by atoms with E-state index in [-0.39, 0.29) is 13.5 Å². The highest BCUT2D eigenvalue weighted by atomic mass is 16.5. The van der Waals surface area contributed by atoms with Gasteiger partial charge in [-0.2, -0.15) is 0 Å². The molecular formula is C21H28O6. The summed E-state index contributed by atoms with van der Waals surface area (Å²) < 4.78 is 26.6. The van der Waals surface area contributed by atoms with Crippen LogP contribution < -0.4 is 14.2 Å². The predicted octanol–water partition coefficient (Wildman–Crippen LogP) is 4.11. The van der Waals surface area contributed by atoms with E-state index in [1.54, 1.807) is 32.4 Å². The monoisotopic (exact) mass is 376 g/mol. The van der Waals surface area contributed by atoms with Gasteiger partial charge in [-0.1, -0.05) is 19.6 Å². The minimum absolute atomic E-state index is 0. The van der Waals surface area contributed by atoms with Crippen LogP contribution >= 0.6 is 0 Å². The number of hydrogen-bond acceptors (Lipinski definition) is 6. The molecule has 0 unspecified atom stereocenters. The molecule has 0 aliphatic rings. The second kappa shape index (κ2) is 11.1. The quantitative estimate of drug-likeness (QED) is 0.614. The van der Waals surface area contributed by atoms with Crippen molar-refractivity contribution in [3.8, 4) is 17.2 Å². The van der Waals surface area contributed by atoms with Gasteiger partial charge < -0.3 is 23.7 Å². The Bertz CT molecular complexity index is 711. The molecule has 1 atom stereocenters. The highest BCUT2D eigenvalue weighted by molar-refractivity contribution is 5.90. The van der Waals surface area contributed by atoms with Crippen molar-refractivity contribution in [3.63, 3.8) is 0 Å². The van der Waals surface area contributed by atoms with E-state index in [0.717, 1.165) is 11.3 Å². The maximum atomic E-state index is 11.9. The van der Waals surface area contributed by atoms with Crippen LogP contribution in [0.5, 0.6) is 17.2 Å². The molecule has 0 spiro atoms. The van der Waals surface area contributed by atoms with Gasteiger partial charge in [0.1, 0.15) is 30.0 Å². The molecule has 6 heteroatoms. The summed E-state index contributed by atoms with van der Waals surface area (Å²) >= 11 is 0. The first-order chi connectivity index (χ1) is 12.5. The van der Waals surface area contributed by atoms with E-state index in [1.165, 1.54) is 7.11 Å². The van der Waals surface area contributed by atoms with Gasteiger partial charge in [0, 0.05) is 13.2 Å². The molecule has 2 rings (SSSR count). The number of rotatable bonds is 9. The molecular weight excluding hydrogens is 348 g/mol. The summed E-state index contributed by atoms with van der Waals surface area (Å²) in [4.78, 5) is 11.9. The lowest BCUT2D eigenvalue weighted by molar-refractivity contribution is 0.0598. The molecule has 0 radical (unpaired) electrons. The minimum Gasteiger partial charge on any atom is -0.497 e. The second-order valence-corrected chi connectivity index (χ2v) is 5.71. The molecule has 0 N–H and O–H groups in total. The first-order valence-corrected chi connectivity index (χ1v) is 8.20. The minimum atomic E-state index is -0.454. The van der Waals surface area contributed by atoms with Crippen LogP contribution in [0.25, 0.3) is 0 Å². The Labute approximate surface area is 161 Å². The van der Waals surface area contributed by atoms with Crippen molar-refractivity contribution in [2.24, 2.45) is 0 Å². The summed E-state index contributed by atoms with van der Waals surface area (Å²) in [6.45, 7) is 2.67. The van der Waals surface area contributed by atoms with E-state index >= 15 is 0 Å². The summed E-state index contributed by atoms with van der Waals surface area (Å²) in [7, 11) is 4.56. The number of benzene rings is 2. The van der Waals surface area contributed by atoms with Crippen LogP contribution in [0.15, 0.2) is 42.5 Å². The van der Waals surface area contributed by atoms with Crippen LogP contribution in [0.2, 0.25) is 0 Å². The lowest BCUT2D eigenvalue weighted by Gasteiger charge is -2.16. The van der Waals surface area contributed by atoms with Crippen molar-refractivity contribution in [2.75, 3.05) is 27.9 Å². The number of esters is 1. The van der Waals surface area contributed by atoms with Crippen LogP contribution in [0.1, 0.15) is 30.3 Å². The standard InChI is InChI=1S/C20H24O6.CH4/c1-14(12-22-2)26-19-10-16(20(21)24-4)9-18(11-19)25-13-15-5-7-17(23-3)8-6-15;/h5-11,14H,12-13H2,1-4H3;1H4/t14-;/m0./s1. The Hall–Kier alpha value is -2.73. The van der Waals surface area contributed by atoms with Gasteiger partial charge in [0.25, 0.3) is 0 Å². The smallest absolute Gasteiger partial charge is 0.338 e. The Morgan fingerprint density at radius 1 is 0.963 bits per heavy atom. The predicted molar refractivity (Wildman–Crippen MR) is 104 cm³/mol. The molecule has 148 valence electrons. The third kappa shape index (κ3) is 6.83.